The van der Waals surface area contributed by atoms with E-state index in [1.807, 2.05) is 36.7 Å². The third-order valence-electron chi connectivity index (χ3n) is 4.65. The first-order valence-corrected chi connectivity index (χ1v) is 8.26. The largest absolute Gasteiger partial charge is 0.327 e. The quantitative estimate of drug-likeness (QED) is 0.640. The number of fused-ring (bicyclic) bond motifs is 3. The first kappa shape index (κ1) is 18.5. The fourth-order valence-corrected chi connectivity index (χ4v) is 3.28. The number of ketones is 1. The molecule has 0 atom stereocenters. The number of carbonyl (C=O) groups is 1. The van der Waals surface area contributed by atoms with Crippen LogP contribution in [0.3, 0.4) is 0 Å². The van der Waals surface area contributed by atoms with Crippen LogP contribution in [0.15, 0.2) is 24.3 Å². The number of hydrogen-bond donors (Lipinski definition) is 0. The van der Waals surface area contributed by atoms with Crippen LogP contribution < -0.4 is 0 Å². The van der Waals surface area contributed by atoms with Crippen LogP contribution in [-0.4, -0.2) is 44.5 Å². The van der Waals surface area contributed by atoms with E-state index >= 15 is 0 Å². The summed E-state index contributed by atoms with van der Waals surface area (Å²) < 4.78 is 3.97. The maximum atomic E-state index is 12.8. The molecule has 0 saturated heterocycles. The summed E-state index contributed by atoms with van der Waals surface area (Å²) in [5, 5.41) is 4.61. The number of imidazole rings is 1. The van der Waals surface area contributed by atoms with Gasteiger partial charge in [0.15, 0.2) is 5.78 Å². The first-order chi connectivity index (χ1) is 11.1. The van der Waals surface area contributed by atoms with Crippen molar-refractivity contribution in [1.29, 1.82) is 0 Å². The highest BCUT2D eigenvalue weighted by Crippen LogP contribution is 2.25. The summed E-state index contributed by atoms with van der Waals surface area (Å²) >= 11 is 0. The second-order valence-corrected chi connectivity index (χ2v) is 5.94. The Morgan fingerprint density at radius 1 is 1.17 bits per heavy atom. The lowest BCUT2D eigenvalue weighted by molar-refractivity contribution is 0.0967. The summed E-state index contributed by atoms with van der Waals surface area (Å²) in [5.74, 6) is 0.176. The van der Waals surface area contributed by atoms with Crippen LogP contribution in [0.25, 0.3) is 16.7 Å². The molecule has 0 amide bonds. The SMILES string of the molecule is CCN(CC)CCC(=O)c1c(C)nn2c3ccccc3n(C)c12.Cl. The number of aryl methyl sites for hydroxylation is 2. The maximum absolute atomic E-state index is 12.8. The summed E-state index contributed by atoms with van der Waals surface area (Å²) in [6, 6.07) is 8.11. The second kappa shape index (κ2) is 7.36. The molecule has 1 aromatic carbocycles. The van der Waals surface area contributed by atoms with E-state index in [4.69, 9.17) is 0 Å². The van der Waals surface area contributed by atoms with Crippen molar-refractivity contribution in [2.75, 3.05) is 19.6 Å². The monoisotopic (exact) mass is 348 g/mol. The fourth-order valence-electron chi connectivity index (χ4n) is 3.28. The standard InChI is InChI=1S/C18H24N4O.ClH/c1-5-21(6-2)12-11-16(23)17-13(3)19-22-15-10-8-7-9-14(15)20(4)18(17)22;/h7-10H,5-6,11-12H2,1-4H3;1H. The Hall–Kier alpha value is -1.85. The number of benzene rings is 1. The zero-order chi connectivity index (χ0) is 16.6. The highest BCUT2D eigenvalue weighted by atomic mass is 35.5. The molecule has 2 aromatic heterocycles. The summed E-state index contributed by atoms with van der Waals surface area (Å²) in [7, 11) is 2.00. The number of aromatic nitrogens is 3. The van der Waals surface area contributed by atoms with E-state index in [1.165, 1.54) is 0 Å². The van der Waals surface area contributed by atoms with Gasteiger partial charge in [0.2, 0.25) is 0 Å². The Balaban J connectivity index is 0.00000208. The van der Waals surface area contributed by atoms with Crippen molar-refractivity contribution >= 4 is 34.9 Å². The fraction of sp³-hybridized carbons (Fsp3) is 0.444. The lowest BCUT2D eigenvalue weighted by Crippen LogP contribution is -2.25. The lowest BCUT2D eigenvalue weighted by Gasteiger charge is -2.17. The molecule has 0 aliphatic heterocycles. The average molecular weight is 349 g/mol. The van der Waals surface area contributed by atoms with Gasteiger partial charge in [-0.3, -0.25) is 4.79 Å². The van der Waals surface area contributed by atoms with E-state index < -0.39 is 0 Å². The van der Waals surface area contributed by atoms with Gasteiger partial charge in [0.05, 0.1) is 22.3 Å². The zero-order valence-electron chi connectivity index (χ0n) is 14.7. The van der Waals surface area contributed by atoms with E-state index in [-0.39, 0.29) is 18.2 Å². The van der Waals surface area contributed by atoms with E-state index in [9.17, 15) is 4.79 Å². The third kappa shape index (κ3) is 2.94. The van der Waals surface area contributed by atoms with Gasteiger partial charge in [-0.2, -0.15) is 5.10 Å². The molecule has 5 nitrogen and oxygen atoms in total. The molecule has 0 saturated carbocycles. The number of halogens is 1. The van der Waals surface area contributed by atoms with E-state index in [2.05, 4.69) is 34.5 Å². The molecule has 0 unspecified atom stereocenters. The van der Waals surface area contributed by atoms with Gasteiger partial charge in [-0.05, 0) is 32.1 Å². The van der Waals surface area contributed by atoms with Crippen molar-refractivity contribution in [3.05, 3.63) is 35.5 Å². The van der Waals surface area contributed by atoms with Crippen molar-refractivity contribution in [3.63, 3.8) is 0 Å². The predicted octanol–water partition coefficient (Wildman–Crippen LogP) is 3.47. The van der Waals surface area contributed by atoms with Crippen molar-refractivity contribution in [2.45, 2.75) is 27.2 Å². The molecule has 0 N–H and O–H groups in total. The van der Waals surface area contributed by atoms with Crippen molar-refractivity contribution < 1.29 is 4.79 Å². The van der Waals surface area contributed by atoms with Gasteiger partial charge in [0, 0.05) is 20.0 Å². The van der Waals surface area contributed by atoms with Crippen LogP contribution in [0.4, 0.5) is 0 Å². The van der Waals surface area contributed by atoms with Crippen molar-refractivity contribution in [2.24, 2.45) is 7.05 Å². The number of carbonyl (C=O) groups excluding carboxylic acids is 1. The van der Waals surface area contributed by atoms with Gasteiger partial charge in [-0.1, -0.05) is 26.0 Å². The highest BCUT2D eigenvalue weighted by Gasteiger charge is 2.22. The summed E-state index contributed by atoms with van der Waals surface area (Å²) in [5.41, 5.74) is 4.60. The van der Waals surface area contributed by atoms with Gasteiger partial charge in [-0.15, -0.1) is 12.4 Å². The lowest BCUT2D eigenvalue weighted by atomic mass is 10.1. The summed E-state index contributed by atoms with van der Waals surface area (Å²) in [6.45, 7) is 8.92. The molecule has 3 rings (SSSR count). The minimum absolute atomic E-state index is 0. The maximum Gasteiger partial charge on any atom is 0.169 e. The van der Waals surface area contributed by atoms with Crippen LogP contribution in [0.1, 0.15) is 36.3 Å². The van der Waals surface area contributed by atoms with Crippen LogP contribution in [0.2, 0.25) is 0 Å². The van der Waals surface area contributed by atoms with Crippen LogP contribution in [0.5, 0.6) is 0 Å². The van der Waals surface area contributed by atoms with Crippen LogP contribution in [-0.2, 0) is 7.05 Å². The van der Waals surface area contributed by atoms with Gasteiger partial charge >= 0.3 is 0 Å². The van der Waals surface area contributed by atoms with Crippen LogP contribution in [0, 0.1) is 6.92 Å². The molecule has 130 valence electrons. The summed E-state index contributed by atoms with van der Waals surface area (Å²) in [6.07, 6.45) is 0.533. The Labute approximate surface area is 148 Å². The Bertz CT molecular complexity index is 861. The van der Waals surface area contributed by atoms with E-state index in [0.717, 1.165) is 47.6 Å². The molecule has 0 fully saturated rings. The summed E-state index contributed by atoms with van der Waals surface area (Å²) in [4.78, 5) is 15.1. The minimum atomic E-state index is 0. The van der Waals surface area contributed by atoms with Crippen molar-refractivity contribution in [1.82, 2.24) is 19.1 Å². The Morgan fingerprint density at radius 3 is 2.42 bits per heavy atom. The highest BCUT2D eigenvalue weighted by molar-refractivity contribution is 6.04. The Morgan fingerprint density at radius 2 is 1.79 bits per heavy atom. The number of para-hydroxylation sites is 2. The topological polar surface area (TPSA) is 42.5 Å². The smallest absolute Gasteiger partial charge is 0.169 e. The number of nitrogens with zero attached hydrogens (tertiary/aromatic N) is 4. The normalized spacial score (nSPS) is 11.4. The molecule has 0 spiro atoms. The number of Topliss-reactive ketones (excluding diaryl/α,β-unsaturated/α-hetero) is 1. The molecule has 6 heteroatoms. The molecular formula is C18H25ClN4O. The zero-order valence-corrected chi connectivity index (χ0v) is 15.6. The van der Waals surface area contributed by atoms with Crippen molar-refractivity contribution in [3.8, 4) is 0 Å². The Kier molecular flexibility index (Phi) is 5.67. The molecule has 0 aliphatic rings. The molecule has 0 bridgehead atoms. The molecule has 3 aromatic rings. The van der Waals surface area contributed by atoms with E-state index in [0.29, 0.717) is 6.42 Å². The molecule has 24 heavy (non-hydrogen) atoms. The van der Waals surface area contributed by atoms with Gasteiger partial charge in [-0.25, -0.2) is 4.52 Å². The number of rotatable bonds is 6. The van der Waals surface area contributed by atoms with E-state index in [1.54, 1.807) is 0 Å². The van der Waals surface area contributed by atoms with Gasteiger partial charge in [0.1, 0.15) is 5.65 Å². The molecule has 0 radical (unpaired) electrons. The molecule has 0 aliphatic carbocycles. The first-order valence-electron chi connectivity index (χ1n) is 8.26. The average Bonchev–Trinajstić information content (AvgIpc) is 3.04. The van der Waals surface area contributed by atoms with Crippen LogP contribution >= 0.6 is 12.4 Å². The number of hydrogen-bond acceptors (Lipinski definition) is 3. The third-order valence-corrected chi connectivity index (χ3v) is 4.65. The van der Waals surface area contributed by atoms with Gasteiger partial charge in [0.25, 0.3) is 0 Å². The molecular weight excluding hydrogens is 324 g/mol. The minimum Gasteiger partial charge on any atom is -0.327 e. The molecule has 2 heterocycles. The predicted molar refractivity (Wildman–Crippen MR) is 100 cm³/mol. The van der Waals surface area contributed by atoms with Gasteiger partial charge < -0.3 is 9.47 Å². The second-order valence-electron chi connectivity index (χ2n) is 5.94.